The predicted molar refractivity (Wildman–Crippen MR) is 158 cm³/mol. The van der Waals surface area contributed by atoms with Gasteiger partial charge in [0.25, 0.3) is 0 Å². The van der Waals surface area contributed by atoms with Crippen LogP contribution in [0.4, 0.5) is 19.3 Å². The van der Waals surface area contributed by atoms with E-state index < -0.39 is 23.6 Å². The SMILES string of the molecule is Cl.Cl.O=C(CN1CCCC1)NCC#Cc1cnccc1Oc1ccc(NC(=O)NC(=O)Cc2ccc(F)cc2)cc1F. The fraction of sp³-hybridized carbons (Fsp3) is 0.241. The van der Waals surface area contributed by atoms with E-state index >= 15 is 0 Å². The number of hydrogen-bond donors (Lipinski definition) is 3. The van der Waals surface area contributed by atoms with Gasteiger partial charge in [-0.25, -0.2) is 13.6 Å². The fourth-order valence-corrected chi connectivity index (χ4v) is 3.95. The minimum atomic E-state index is -0.848. The number of pyridine rings is 1. The van der Waals surface area contributed by atoms with Gasteiger partial charge in [0.15, 0.2) is 11.6 Å². The molecule has 2 aromatic carbocycles. The van der Waals surface area contributed by atoms with E-state index in [9.17, 15) is 23.2 Å². The second-order valence-corrected chi connectivity index (χ2v) is 8.99. The molecule has 1 aliphatic heterocycles. The summed E-state index contributed by atoms with van der Waals surface area (Å²) in [5.74, 6) is 3.96. The molecule has 0 aliphatic carbocycles. The third-order valence-corrected chi connectivity index (χ3v) is 5.88. The largest absolute Gasteiger partial charge is 0.453 e. The first-order valence-corrected chi connectivity index (χ1v) is 12.6. The fourth-order valence-electron chi connectivity index (χ4n) is 3.95. The van der Waals surface area contributed by atoms with Crippen molar-refractivity contribution in [1.29, 1.82) is 0 Å². The highest BCUT2D eigenvalue weighted by atomic mass is 35.5. The number of imide groups is 1. The maximum absolute atomic E-state index is 14.8. The van der Waals surface area contributed by atoms with Crippen LogP contribution >= 0.6 is 24.8 Å². The van der Waals surface area contributed by atoms with Crippen LogP contribution < -0.4 is 20.7 Å². The van der Waals surface area contributed by atoms with E-state index in [-0.39, 0.29) is 60.9 Å². The van der Waals surface area contributed by atoms with Crippen LogP contribution in [0.2, 0.25) is 0 Å². The molecule has 222 valence electrons. The van der Waals surface area contributed by atoms with Crippen LogP contribution in [0.15, 0.2) is 60.9 Å². The Labute approximate surface area is 254 Å². The number of rotatable bonds is 8. The summed E-state index contributed by atoms with van der Waals surface area (Å²) in [5.41, 5.74) is 1.02. The van der Waals surface area contributed by atoms with Crippen molar-refractivity contribution in [2.24, 2.45) is 0 Å². The van der Waals surface area contributed by atoms with E-state index in [1.807, 2.05) is 0 Å². The number of nitrogens with zero attached hydrogens (tertiary/aromatic N) is 2. The van der Waals surface area contributed by atoms with Gasteiger partial charge in [-0.05, 0) is 55.8 Å². The average Bonchev–Trinajstić information content (AvgIpc) is 3.43. The highest BCUT2D eigenvalue weighted by Gasteiger charge is 2.15. The number of anilines is 1. The van der Waals surface area contributed by atoms with Crippen LogP contribution in [-0.4, -0.2) is 53.9 Å². The molecule has 42 heavy (non-hydrogen) atoms. The number of halogens is 4. The number of carbonyl (C=O) groups excluding carboxylic acids is 3. The van der Waals surface area contributed by atoms with Gasteiger partial charge in [-0.3, -0.25) is 24.8 Å². The zero-order chi connectivity index (χ0) is 28.3. The number of nitrogens with one attached hydrogen (secondary N) is 3. The summed E-state index contributed by atoms with van der Waals surface area (Å²) in [7, 11) is 0. The molecule has 0 radical (unpaired) electrons. The standard InChI is InChI=1S/C29H27F2N5O4.2ClH/c30-22-7-5-20(6-8-22)16-27(37)35-29(39)34-23-9-10-26(24(31)17-23)40-25-11-13-32-18-21(25)4-3-12-33-28(38)19-36-14-1-2-15-36;;/h5-11,13,17-18H,1-2,12,14-16,19H2,(H,33,38)(H2,34,35,37,39);2*1H. The van der Waals surface area contributed by atoms with Crippen LogP contribution in [0.5, 0.6) is 11.5 Å². The molecule has 0 unspecified atom stereocenters. The summed E-state index contributed by atoms with van der Waals surface area (Å²) in [5, 5.41) is 7.27. The first-order chi connectivity index (χ1) is 19.4. The molecule has 3 aromatic rings. The lowest BCUT2D eigenvalue weighted by molar-refractivity contribution is -0.122. The van der Waals surface area contributed by atoms with Gasteiger partial charge in [-0.15, -0.1) is 24.8 Å². The Morgan fingerprint density at radius 1 is 0.952 bits per heavy atom. The van der Waals surface area contributed by atoms with Crippen molar-refractivity contribution in [2.75, 3.05) is 31.5 Å². The van der Waals surface area contributed by atoms with Crippen LogP contribution in [0.1, 0.15) is 24.0 Å². The zero-order valence-electron chi connectivity index (χ0n) is 22.3. The van der Waals surface area contributed by atoms with E-state index in [0.717, 1.165) is 32.0 Å². The molecule has 1 fully saturated rings. The lowest BCUT2D eigenvalue weighted by Crippen LogP contribution is -2.35. The normalized spacial score (nSPS) is 12.0. The van der Waals surface area contributed by atoms with E-state index in [0.29, 0.717) is 17.7 Å². The molecule has 3 N–H and O–H groups in total. The minimum Gasteiger partial charge on any atom is -0.453 e. The Morgan fingerprint density at radius 2 is 1.69 bits per heavy atom. The Kier molecular flexibility index (Phi) is 13.7. The molecule has 1 aliphatic rings. The lowest BCUT2D eigenvalue weighted by Gasteiger charge is -2.12. The number of carbonyl (C=O) groups is 3. The van der Waals surface area contributed by atoms with Crippen molar-refractivity contribution in [3.63, 3.8) is 0 Å². The predicted octanol–water partition coefficient (Wildman–Crippen LogP) is 4.45. The van der Waals surface area contributed by atoms with Crippen molar-refractivity contribution in [3.8, 4) is 23.3 Å². The van der Waals surface area contributed by atoms with Crippen molar-refractivity contribution in [1.82, 2.24) is 20.5 Å². The monoisotopic (exact) mass is 619 g/mol. The quantitative estimate of drug-likeness (QED) is 0.321. The van der Waals surface area contributed by atoms with Gasteiger partial charge in [0.05, 0.1) is 25.1 Å². The van der Waals surface area contributed by atoms with Crippen LogP contribution in [0.3, 0.4) is 0 Å². The first kappa shape index (κ1) is 34.0. The Morgan fingerprint density at radius 3 is 2.40 bits per heavy atom. The lowest BCUT2D eigenvalue weighted by atomic mass is 10.1. The number of hydrogen-bond acceptors (Lipinski definition) is 6. The minimum absolute atomic E-state index is 0. The third kappa shape index (κ3) is 10.6. The average molecular weight is 620 g/mol. The summed E-state index contributed by atoms with van der Waals surface area (Å²) in [4.78, 5) is 42.3. The van der Waals surface area contributed by atoms with Crippen LogP contribution in [-0.2, 0) is 16.0 Å². The molecular formula is C29H29Cl2F2N5O4. The highest BCUT2D eigenvalue weighted by Crippen LogP contribution is 2.28. The van der Waals surface area contributed by atoms with Gasteiger partial charge >= 0.3 is 6.03 Å². The second-order valence-electron chi connectivity index (χ2n) is 8.99. The highest BCUT2D eigenvalue weighted by molar-refractivity contribution is 6.01. The summed E-state index contributed by atoms with van der Waals surface area (Å²) < 4.78 is 33.4. The van der Waals surface area contributed by atoms with Crippen LogP contribution in [0, 0.1) is 23.5 Å². The molecular weight excluding hydrogens is 591 g/mol. The Hall–Kier alpha value is -4.24. The Balaban J connectivity index is 0.00000308. The summed E-state index contributed by atoms with van der Waals surface area (Å²) in [6.45, 7) is 2.34. The van der Waals surface area contributed by atoms with Gasteiger partial charge in [-0.2, -0.15) is 0 Å². The van der Waals surface area contributed by atoms with E-state index in [2.05, 4.69) is 37.7 Å². The number of ether oxygens (including phenoxy) is 1. The summed E-state index contributed by atoms with van der Waals surface area (Å²) in [6.07, 6.45) is 5.02. The van der Waals surface area contributed by atoms with Crippen molar-refractivity contribution < 1.29 is 27.9 Å². The number of amides is 4. The smallest absolute Gasteiger partial charge is 0.325 e. The topological polar surface area (TPSA) is 113 Å². The van der Waals surface area contributed by atoms with Gasteiger partial charge in [-0.1, -0.05) is 24.0 Å². The number of aromatic nitrogens is 1. The summed E-state index contributed by atoms with van der Waals surface area (Å²) >= 11 is 0. The number of benzene rings is 2. The van der Waals surface area contributed by atoms with E-state index in [1.165, 1.54) is 54.9 Å². The van der Waals surface area contributed by atoms with Crippen LogP contribution in [0.25, 0.3) is 0 Å². The number of urea groups is 1. The van der Waals surface area contributed by atoms with Gasteiger partial charge < -0.3 is 15.4 Å². The summed E-state index contributed by atoms with van der Waals surface area (Å²) in [6, 6.07) is 9.76. The molecule has 13 heteroatoms. The second kappa shape index (κ2) is 16.9. The molecule has 1 saturated heterocycles. The van der Waals surface area contributed by atoms with Gasteiger partial charge in [0, 0.05) is 30.2 Å². The van der Waals surface area contributed by atoms with Crippen molar-refractivity contribution >= 4 is 48.3 Å². The molecule has 1 aromatic heterocycles. The van der Waals surface area contributed by atoms with Gasteiger partial charge in [0.2, 0.25) is 11.8 Å². The molecule has 4 rings (SSSR count). The first-order valence-electron chi connectivity index (χ1n) is 12.6. The molecule has 0 spiro atoms. The van der Waals surface area contributed by atoms with Crippen molar-refractivity contribution in [3.05, 3.63) is 83.7 Å². The van der Waals surface area contributed by atoms with E-state index in [4.69, 9.17) is 4.74 Å². The Bertz CT molecular complexity index is 1440. The van der Waals surface area contributed by atoms with Gasteiger partial charge in [0.1, 0.15) is 11.6 Å². The molecule has 9 nitrogen and oxygen atoms in total. The molecule has 2 heterocycles. The maximum atomic E-state index is 14.8. The molecule has 0 saturated carbocycles. The maximum Gasteiger partial charge on any atom is 0.325 e. The zero-order valence-corrected chi connectivity index (χ0v) is 24.0. The molecule has 0 atom stereocenters. The number of likely N-dealkylation sites (tertiary alicyclic amines) is 1. The molecule has 4 amide bonds. The van der Waals surface area contributed by atoms with Crippen molar-refractivity contribution in [2.45, 2.75) is 19.3 Å². The molecule has 0 bridgehead atoms. The van der Waals surface area contributed by atoms with E-state index in [1.54, 1.807) is 0 Å². The third-order valence-electron chi connectivity index (χ3n) is 5.88.